The number of amides is 2. The number of ether oxygens (including phenoxy) is 2. The second kappa shape index (κ2) is 11.5. The first kappa shape index (κ1) is 25.6. The van der Waals surface area contributed by atoms with Gasteiger partial charge in [0.15, 0.2) is 5.82 Å². The fourth-order valence-electron chi connectivity index (χ4n) is 3.47. The Balaban J connectivity index is 1.63. The summed E-state index contributed by atoms with van der Waals surface area (Å²) in [6.07, 6.45) is 3.14. The van der Waals surface area contributed by atoms with Crippen LogP contribution in [0.15, 0.2) is 61.3 Å². The molecule has 1 aromatic heterocycles. The van der Waals surface area contributed by atoms with Gasteiger partial charge in [-0.15, -0.1) is 0 Å². The number of para-hydroxylation sites is 1. The summed E-state index contributed by atoms with van der Waals surface area (Å²) in [4.78, 5) is 44.1. The molecule has 0 radical (unpaired) electrons. The van der Waals surface area contributed by atoms with E-state index in [1.54, 1.807) is 36.4 Å². The van der Waals surface area contributed by atoms with Gasteiger partial charge in [0.2, 0.25) is 11.9 Å². The zero-order valence-electron chi connectivity index (χ0n) is 19.5. The molecule has 0 aliphatic carbocycles. The van der Waals surface area contributed by atoms with E-state index >= 15 is 0 Å². The van der Waals surface area contributed by atoms with Gasteiger partial charge in [0.25, 0.3) is 11.7 Å². The molecule has 0 bridgehead atoms. The minimum absolute atomic E-state index is 0.0688. The molecule has 2 aromatic carbocycles. The monoisotopic (exact) mass is 522 g/mol. The topological polar surface area (TPSA) is 158 Å². The number of hydrogen-bond acceptors (Lipinski definition) is 9. The molecule has 1 saturated heterocycles. The first-order chi connectivity index (χ1) is 17.8. The quantitative estimate of drug-likeness (QED) is 0.177. The molecule has 11 nitrogen and oxygen atoms in total. The maximum Gasteiger partial charge on any atom is 0.289 e. The Labute approximate surface area is 217 Å². The lowest BCUT2D eigenvalue weighted by Crippen LogP contribution is -2.23. The lowest BCUT2D eigenvalue weighted by Gasteiger charge is -2.18. The maximum atomic E-state index is 12.2. The highest BCUT2D eigenvalue weighted by Crippen LogP contribution is 2.33. The van der Waals surface area contributed by atoms with Crippen LogP contribution in [0.3, 0.4) is 0 Å². The number of nitrogens with zero attached hydrogens (tertiary/aromatic N) is 2. The number of primary amides is 1. The molecule has 12 heteroatoms. The lowest BCUT2D eigenvalue weighted by molar-refractivity contribution is -0.114. The van der Waals surface area contributed by atoms with E-state index in [9.17, 15) is 14.4 Å². The zero-order chi connectivity index (χ0) is 26.4. The smallest absolute Gasteiger partial charge is 0.289 e. The first-order valence-electron chi connectivity index (χ1n) is 11.2. The molecule has 1 atom stereocenters. The van der Waals surface area contributed by atoms with Crippen molar-refractivity contribution in [2.24, 2.45) is 5.73 Å². The third kappa shape index (κ3) is 6.40. The number of anilines is 5. The van der Waals surface area contributed by atoms with Crippen LogP contribution in [0.1, 0.15) is 16.8 Å². The van der Waals surface area contributed by atoms with Crippen LogP contribution >= 0.6 is 11.6 Å². The van der Waals surface area contributed by atoms with Crippen LogP contribution in [0.4, 0.5) is 28.8 Å². The molecule has 4 rings (SSSR count). The number of carbonyl (C=O) groups excluding carboxylic acids is 3. The number of nitrogens with two attached hydrogens (primary N) is 1. The Bertz CT molecular complexity index is 1360. The molecule has 2 heterocycles. The Morgan fingerprint density at radius 3 is 2.70 bits per heavy atom. The van der Waals surface area contributed by atoms with Crippen molar-refractivity contribution in [1.82, 2.24) is 9.97 Å². The van der Waals surface area contributed by atoms with Crippen LogP contribution in [-0.4, -0.2) is 46.9 Å². The minimum atomic E-state index is -1.09. The third-order valence-corrected chi connectivity index (χ3v) is 5.53. The van der Waals surface area contributed by atoms with Crippen molar-refractivity contribution in [1.29, 1.82) is 0 Å². The van der Waals surface area contributed by atoms with E-state index < -0.39 is 11.7 Å². The molecule has 190 valence electrons. The Morgan fingerprint density at radius 1 is 1.16 bits per heavy atom. The van der Waals surface area contributed by atoms with Crippen LogP contribution in [0.2, 0.25) is 5.02 Å². The summed E-state index contributed by atoms with van der Waals surface area (Å²) in [5.41, 5.74) is 6.49. The van der Waals surface area contributed by atoms with Crippen molar-refractivity contribution in [3.8, 4) is 5.75 Å². The van der Waals surface area contributed by atoms with Gasteiger partial charge < -0.3 is 31.2 Å². The predicted octanol–water partition coefficient (Wildman–Crippen LogP) is 3.58. The van der Waals surface area contributed by atoms with Gasteiger partial charge in [-0.3, -0.25) is 14.4 Å². The second-order valence-corrected chi connectivity index (χ2v) is 8.29. The van der Waals surface area contributed by atoms with E-state index in [-0.39, 0.29) is 40.1 Å². The van der Waals surface area contributed by atoms with E-state index in [1.807, 2.05) is 0 Å². The summed E-state index contributed by atoms with van der Waals surface area (Å²) in [7, 11) is 0. The molecule has 1 fully saturated rings. The Morgan fingerprint density at radius 2 is 1.97 bits per heavy atom. The summed E-state index contributed by atoms with van der Waals surface area (Å²) in [6, 6.07) is 11.4. The number of benzene rings is 2. The molecule has 1 aliphatic heterocycles. The molecule has 5 N–H and O–H groups in total. The average Bonchev–Trinajstić information content (AvgIpc) is 3.40. The van der Waals surface area contributed by atoms with Crippen LogP contribution in [0.5, 0.6) is 5.75 Å². The van der Waals surface area contributed by atoms with Gasteiger partial charge in [-0.25, -0.2) is 4.98 Å². The number of ketones is 1. The number of hydrogen-bond donors (Lipinski definition) is 4. The van der Waals surface area contributed by atoms with E-state index in [1.165, 1.54) is 12.3 Å². The van der Waals surface area contributed by atoms with E-state index in [2.05, 4.69) is 32.5 Å². The summed E-state index contributed by atoms with van der Waals surface area (Å²) < 4.78 is 11.5. The van der Waals surface area contributed by atoms with Crippen LogP contribution < -0.4 is 26.4 Å². The highest BCUT2D eigenvalue weighted by Gasteiger charge is 2.20. The van der Waals surface area contributed by atoms with Crippen molar-refractivity contribution in [3.63, 3.8) is 0 Å². The van der Waals surface area contributed by atoms with Gasteiger partial charge >= 0.3 is 0 Å². The normalized spacial score (nSPS) is 14.5. The van der Waals surface area contributed by atoms with Crippen molar-refractivity contribution >= 4 is 58.0 Å². The fourth-order valence-corrected chi connectivity index (χ4v) is 3.61. The van der Waals surface area contributed by atoms with Crippen LogP contribution in [-0.2, 0) is 14.3 Å². The van der Waals surface area contributed by atoms with Gasteiger partial charge in [-0.2, -0.15) is 4.98 Å². The van der Waals surface area contributed by atoms with Crippen molar-refractivity contribution in [2.75, 3.05) is 29.2 Å². The molecule has 2 amide bonds. The van der Waals surface area contributed by atoms with Crippen LogP contribution in [0.25, 0.3) is 0 Å². The Kier molecular flexibility index (Phi) is 7.96. The lowest BCUT2D eigenvalue weighted by atomic mass is 10.1. The number of rotatable bonds is 10. The summed E-state index contributed by atoms with van der Waals surface area (Å²) in [6.45, 7) is 4.53. The van der Waals surface area contributed by atoms with Gasteiger partial charge in [-0.05, 0) is 36.4 Å². The van der Waals surface area contributed by atoms with Crippen LogP contribution in [0, 0.1) is 0 Å². The molecule has 37 heavy (non-hydrogen) atoms. The van der Waals surface area contributed by atoms with Gasteiger partial charge in [-0.1, -0.05) is 30.3 Å². The highest BCUT2D eigenvalue weighted by molar-refractivity contribution is 6.43. The van der Waals surface area contributed by atoms with Gasteiger partial charge in [0.1, 0.15) is 16.9 Å². The van der Waals surface area contributed by atoms with Gasteiger partial charge in [0, 0.05) is 12.1 Å². The molecule has 1 unspecified atom stereocenters. The molecule has 1 aliphatic rings. The standard InChI is InChI=1S/C25H23ClN6O5/c1-2-21(33)29-14-7-8-20(37-15-9-10-36-13-15)19(11-14)31-25-28-12-17(26)24(32-25)30-18-6-4-3-5-16(18)22(34)23(27)35/h2-8,11-12,15H,1,9-10,13H2,(H2,27,35)(H,29,33)(H2,28,30,31,32). The largest absolute Gasteiger partial charge is 0.486 e. The fraction of sp³-hybridized carbons (Fsp3) is 0.160. The first-order valence-corrected chi connectivity index (χ1v) is 11.5. The van der Waals surface area contributed by atoms with Gasteiger partial charge in [0.05, 0.1) is 36.3 Å². The molecule has 3 aromatic rings. The number of halogens is 1. The highest BCUT2D eigenvalue weighted by atomic mass is 35.5. The Hall–Kier alpha value is -4.48. The van der Waals surface area contributed by atoms with Crippen molar-refractivity contribution < 1.29 is 23.9 Å². The average molecular weight is 523 g/mol. The molecular formula is C25H23ClN6O5. The SMILES string of the molecule is C=CC(=O)Nc1ccc(OC2CCOC2)c(Nc2ncc(Cl)c(Nc3ccccc3C(=O)C(N)=O)n2)c1. The van der Waals surface area contributed by atoms with E-state index in [4.69, 9.17) is 26.8 Å². The van der Waals surface area contributed by atoms with E-state index in [0.29, 0.717) is 30.3 Å². The second-order valence-electron chi connectivity index (χ2n) is 7.89. The summed E-state index contributed by atoms with van der Waals surface area (Å²) in [5, 5.41) is 8.90. The zero-order valence-corrected chi connectivity index (χ0v) is 20.2. The molecule has 0 spiro atoms. The van der Waals surface area contributed by atoms with Crippen molar-refractivity contribution in [2.45, 2.75) is 12.5 Å². The minimum Gasteiger partial charge on any atom is -0.486 e. The molecule has 0 saturated carbocycles. The maximum absolute atomic E-state index is 12.2. The predicted molar refractivity (Wildman–Crippen MR) is 139 cm³/mol. The number of carbonyl (C=O) groups is 3. The van der Waals surface area contributed by atoms with E-state index in [0.717, 1.165) is 12.5 Å². The van der Waals surface area contributed by atoms with Crippen molar-refractivity contribution in [3.05, 3.63) is 71.9 Å². The third-order valence-electron chi connectivity index (χ3n) is 5.25. The molecular weight excluding hydrogens is 500 g/mol. The summed E-state index contributed by atoms with van der Waals surface area (Å²) >= 11 is 6.30. The number of nitrogens with one attached hydrogen (secondary N) is 3. The number of Topliss-reactive ketones (excluding diaryl/α,β-unsaturated/α-hetero) is 1. The number of aromatic nitrogens is 2. The summed E-state index contributed by atoms with van der Waals surface area (Å²) in [5.74, 6) is -1.51.